The highest BCUT2D eigenvalue weighted by Gasteiger charge is 2.51. The maximum Gasteiger partial charge on any atom is 0.307 e. The van der Waals surface area contributed by atoms with Crippen LogP contribution in [0.15, 0.2) is 23.5 Å². The van der Waals surface area contributed by atoms with Gasteiger partial charge in [-0.1, -0.05) is 19.9 Å². The van der Waals surface area contributed by atoms with Gasteiger partial charge in [-0.05, 0) is 67.9 Å². The molecule has 1 unspecified atom stereocenters. The zero-order valence-corrected chi connectivity index (χ0v) is 16.7. The second kappa shape index (κ2) is 7.21. The molecule has 4 nitrogen and oxygen atoms in total. The van der Waals surface area contributed by atoms with E-state index in [1.807, 2.05) is 0 Å². The van der Waals surface area contributed by atoms with Crippen LogP contribution in [0.5, 0.6) is 0 Å². The van der Waals surface area contributed by atoms with Gasteiger partial charge in [0.1, 0.15) is 11.9 Å². The van der Waals surface area contributed by atoms with Gasteiger partial charge >= 0.3 is 11.9 Å². The molecule has 4 heteroatoms. The number of hydrogen-bond donors (Lipinski definition) is 0. The molecular formula is C22H32O4. The van der Waals surface area contributed by atoms with Crippen LogP contribution in [0.4, 0.5) is 0 Å². The lowest BCUT2D eigenvalue weighted by Gasteiger charge is -2.54. The Morgan fingerprint density at radius 3 is 2.58 bits per heavy atom. The molecule has 1 saturated carbocycles. The van der Waals surface area contributed by atoms with Crippen LogP contribution >= 0.6 is 0 Å². The van der Waals surface area contributed by atoms with E-state index in [9.17, 15) is 9.59 Å². The Morgan fingerprint density at radius 2 is 1.92 bits per heavy atom. The number of allylic oxidation sites excluding steroid dienone is 4. The number of carbonyl (C=O) groups excluding carboxylic acids is 2. The number of ether oxygens (including phenoxy) is 2. The molecule has 0 heterocycles. The van der Waals surface area contributed by atoms with E-state index in [0.29, 0.717) is 23.7 Å². The third-order valence-corrected chi connectivity index (χ3v) is 7.40. The van der Waals surface area contributed by atoms with Crippen LogP contribution in [-0.2, 0) is 19.1 Å². The molecule has 0 bridgehead atoms. The summed E-state index contributed by atoms with van der Waals surface area (Å²) in [4.78, 5) is 22.7. The fourth-order valence-electron chi connectivity index (χ4n) is 5.65. The highest BCUT2D eigenvalue weighted by atomic mass is 16.5. The first kappa shape index (κ1) is 19.2. The fourth-order valence-corrected chi connectivity index (χ4v) is 5.65. The van der Waals surface area contributed by atoms with E-state index in [0.717, 1.165) is 31.4 Å². The molecule has 0 aliphatic heterocycles. The van der Waals surface area contributed by atoms with Crippen molar-refractivity contribution in [2.45, 2.75) is 72.8 Å². The number of rotatable bonds is 3. The predicted octanol–water partition coefficient (Wildman–Crippen LogP) is 4.79. The van der Waals surface area contributed by atoms with Gasteiger partial charge in [-0.3, -0.25) is 9.59 Å². The van der Waals surface area contributed by atoms with Crippen molar-refractivity contribution in [3.05, 3.63) is 23.5 Å². The average Bonchev–Trinajstić information content (AvgIpc) is 2.56. The third kappa shape index (κ3) is 3.47. The van der Waals surface area contributed by atoms with Crippen LogP contribution in [0.3, 0.4) is 0 Å². The van der Waals surface area contributed by atoms with Gasteiger partial charge in [0.05, 0.1) is 0 Å². The summed E-state index contributed by atoms with van der Waals surface area (Å²) in [6.45, 7) is 9.66. The summed E-state index contributed by atoms with van der Waals surface area (Å²) < 4.78 is 10.9. The molecule has 3 aliphatic carbocycles. The smallest absolute Gasteiger partial charge is 0.307 e. The highest BCUT2D eigenvalue weighted by Crippen LogP contribution is 2.56. The lowest BCUT2D eigenvalue weighted by molar-refractivity contribution is -0.160. The lowest BCUT2D eigenvalue weighted by Crippen LogP contribution is -2.50. The SMILES string of the molecule is CC(=O)OC1=CC2=CC[C@H]3C(C)[C@@](C)([C@H](C)OC(C)=O)CC[C@@H]3[C@H]2CC1. The molecule has 3 aliphatic rings. The zero-order chi connectivity index (χ0) is 19.1. The Hall–Kier alpha value is -1.58. The molecule has 0 N–H and O–H groups in total. The Morgan fingerprint density at radius 1 is 1.19 bits per heavy atom. The van der Waals surface area contributed by atoms with Crippen molar-refractivity contribution < 1.29 is 19.1 Å². The average molecular weight is 360 g/mol. The third-order valence-electron chi connectivity index (χ3n) is 7.40. The van der Waals surface area contributed by atoms with E-state index in [1.54, 1.807) is 0 Å². The summed E-state index contributed by atoms with van der Waals surface area (Å²) in [7, 11) is 0. The molecule has 3 rings (SSSR count). The molecule has 144 valence electrons. The maximum absolute atomic E-state index is 11.4. The second-order valence-corrected chi connectivity index (χ2v) is 8.70. The Bertz CT molecular complexity index is 647. The van der Waals surface area contributed by atoms with E-state index >= 15 is 0 Å². The van der Waals surface area contributed by atoms with Gasteiger partial charge in [-0.15, -0.1) is 0 Å². The fraction of sp³-hybridized carbons (Fsp3) is 0.727. The van der Waals surface area contributed by atoms with Crippen molar-refractivity contribution >= 4 is 11.9 Å². The van der Waals surface area contributed by atoms with E-state index in [4.69, 9.17) is 9.47 Å². The minimum absolute atomic E-state index is 0.0333. The Labute approximate surface area is 157 Å². The second-order valence-electron chi connectivity index (χ2n) is 8.70. The highest BCUT2D eigenvalue weighted by molar-refractivity contribution is 5.67. The monoisotopic (exact) mass is 360 g/mol. The summed E-state index contributed by atoms with van der Waals surface area (Å²) in [5.74, 6) is 2.79. The minimum Gasteiger partial charge on any atom is -0.462 e. The van der Waals surface area contributed by atoms with Gasteiger partial charge < -0.3 is 9.47 Å². The molecule has 0 aromatic rings. The normalized spacial score (nSPS) is 37.4. The molecule has 0 aromatic carbocycles. The topological polar surface area (TPSA) is 52.6 Å². The van der Waals surface area contributed by atoms with E-state index in [-0.39, 0.29) is 23.5 Å². The number of carbonyl (C=O) groups is 2. The Balaban J connectivity index is 1.78. The molecule has 0 amide bonds. The summed E-state index contributed by atoms with van der Waals surface area (Å²) in [6.07, 6.45) is 9.64. The lowest BCUT2D eigenvalue weighted by atomic mass is 9.52. The Kier molecular flexibility index (Phi) is 5.32. The molecule has 26 heavy (non-hydrogen) atoms. The van der Waals surface area contributed by atoms with Crippen LogP contribution in [0.1, 0.15) is 66.7 Å². The van der Waals surface area contributed by atoms with Gasteiger partial charge in [-0.2, -0.15) is 0 Å². The van der Waals surface area contributed by atoms with Gasteiger partial charge in [0.25, 0.3) is 0 Å². The van der Waals surface area contributed by atoms with Crippen LogP contribution in [0.2, 0.25) is 0 Å². The molecule has 0 spiro atoms. The van der Waals surface area contributed by atoms with Crippen molar-refractivity contribution in [1.82, 2.24) is 0 Å². The predicted molar refractivity (Wildman–Crippen MR) is 100.0 cm³/mol. The number of esters is 2. The van der Waals surface area contributed by atoms with Crippen molar-refractivity contribution in [3.63, 3.8) is 0 Å². The van der Waals surface area contributed by atoms with E-state index < -0.39 is 0 Å². The molecule has 0 saturated heterocycles. The van der Waals surface area contributed by atoms with Crippen LogP contribution in [0, 0.1) is 29.1 Å². The van der Waals surface area contributed by atoms with Crippen molar-refractivity contribution in [2.24, 2.45) is 29.1 Å². The summed E-state index contributed by atoms with van der Waals surface area (Å²) in [5, 5.41) is 0. The zero-order valence-electron chi connectivity index (χ0n) is 16.7. The van der Waals surface area contributed by atoms with Gasteiger partial charge in [0.15, 0.2) is 0 Å². The van der Waals surface area contributed by atoms with E-state index in [2.05, 4.69) is 32.9 Å². The summed E-state index contributed by atoms with van der Waals surface area (Å²) in [6, 6.07) is 0. The minimum atomic E-state index is -0.231. The molecular weight excluding hydrogens is 328 g/mol. The quantitative estimate of drug-likeness (QED) is 0.679. The first-order chi connectivity index (χ1) is 12.2. The van der Waals surface area contributed by atoms with E-state index in [1.165, 1.54) is 25.8 Å². The number of hydrogen-bond acceptors (Lipinski definition) is 4. The molecule has 1 fully saturated rings. The number of fused-ring (bicyclic) bond motifs is 3. The molecule has 0 aromatic heterocycles. The van der Waals surface area contributed by atoms with Crippen LogP contribution in [-0.4, -0.2) is 18.0 Å². The molecule has 0 radical (unpaired) electrons. The van der Waals surface area contributed by atoms with Crippen molar-refractivity contribution in [1.29, 1.82) is 0 Å². The summed E-state index contributed by atoms with van der Waals surface area (Å²) in [5.41, 5.74) is 1.39. The van der Waals surface area contributed by atoms with Crippen LogP contribution < -0.4 is 0 Å². The van der Waals surface area contributed by atoms with Gasteiger partial charge in [-0.25, -0.2) is 0 Å². The largest absolute Gasteiger partial charge is 0.462 e. The first-order valence-electron chi connectivity index (χ1n) is 9.98. The summed E-state index contributed by atoms with van der Waals surface area (Å²) >= 11 is 0. The van der Waals surface area contributed by atoms with Gasteiger partial charge in [0.2, 0.25) is 0 Å². The van der Waals surface area contributed by atoms with Gasteiger partial charge in [0, 0.05) is 25.7 Å². The van der Waals surface area contributed by atoms with Crippen molar-refractivity contribution in [3.8, 4) is 0 Å². The standard InChI is InChI=1S/C22H32O4/c1-13-19-8-6-17-12-18(26-16(4)24)7-9-20(17)21(19)10-11-22(13,5)14(2)25-15(3)23/h6,12-14,19-21H,7-11H2,1-5H3/t13?,14-,19-,20-,21-,22-/m0/s1. The molecule has 6 atom stereocenters. The van der Waals surface area contributed by atoms with Crippen LogP contribution in [0.25, 0.3) is 0 Å². The maximum atomic E-state index is 11.4. The first-order valence-corrected chi connectivity index (χ1v) is 9.98. The van der Waals surface area contributed by atoms with Crippen molar-refractivity contribution in [2.75, 3.05) is 0 Å².